The molecule has 6 heteroatoms. The van der Waals surface area contributed by atoms with E-state index in [1.54, 1.807) is 36.4 Å². The van der Waals surface area contributed by atoms with Gasteiger partial charge in [-0.2, -0.15) is 0 Å². The molecule has 3 N–H and O–H groups in total. The van der Waals surface area contributed by atoms with Gasteiger partial charge in [0.2, 0.25) is 0 Å². The van der Waals surface area contributed by atoms with Crippen LogP contribution in [-0.4, -0.2) is 13.0 Å². The first kappa shape index (κ1) is 14.7. The molecule has 0 aliphatic heterocycles. The number of nitrogens with one attached hydrogen (secondary N) is 1. The molecule has 0 aliphatic rings. The molecule has 104 valence electrons. The lowest BCUT2D eigenvalue weighted by Gasteiger charge is -2.11. The van der Waals surface area contributed by atoms with E-state index in [0.717, 1.165) is 0 Å². The lowest BCUT2D eigenvalue weighted by atomic mass is 10.2. The highest BCUT2D eigenvalue weighted by atomic mass is 79.9. The maximum atomic E-state index is 12.2. The Hall–Kier alpha value is -1.72. The smallest absolute Gasteiger partial charge is 0.255 e. The van der Waals surface area contributed by atoms with Gasteiger partial charge in [-0.1, -0.05) is 11.6 Å². The molecule has 2 rings (SSSR count). The normalized spacial score (nSPS) is 10.2. The first-order valence-corrected chi connectivity index (χ1v) is 6.88. The van der Waals surface area contributed by atoms with Crippen molar-refractivity contribution in [3.63, 3.8) is 0 Å². The summed E-state index contributed by atoms with van der Waals surface area (Å²) >= 11 is 9.18. The van der Waals surface area contributed by atoms with E-state index in [-0.39, 0.29) is 5.91 Å². The van der Waals surface area contributed by atoms with Crippen molar-refractivity contribution in [1.82, 2.24) is 0 Å². The minimum Gasteiger partial charge on any atom is -0.495 e. The molecule has 2 aromatic rings. The number of amides is 1. The standard InChI is InChI=1S/C14H12BrClN2O2/c1-20-13-5-3-9(17)7-12(13)18-14(19)8-2-4-11(16)10(15)6-8/h2-7H,17H2,1H3,(H,18,19). The van der Waals surface area contributed by atoms with Crippen LogP contribution in [0.4, 0.5) is 11.4 Å². The molecule has 0 fully saturated rings. The van der Waals surface area contributed by atoms with Gasteiger partial charge in [0.1, 0.15) is 5.75 Å². The van der Waals surface area contributed by atoms with Gasteiger partial charge in [-0.05, 0) is 52.3 Å². The SMILES string of the molecule is COc1ccc(N)cc1NC(=O)c1ccc(Cl)c(Br)c1. The van der Waals surface area contributed by atoms with Crippen LogP contribution in [0.25, 0.3) is 0 Å². The van der Waals surface area contributed by atoms with Gasteiger partial charge >= 0.3 is 0 Å². The van der Waals surface area contributed by atoms with E-state index in [0.29, 0.717) is 32.2 Å². The van der Waals surface area contributed by atoms with E-state index in [2.05, 4.69) is 21.2 Å². The zero-order valence-corrected chi connectivity index (χ0v) is 13.0. The van der Waals surface area contributed by atoms with Crippen LogP contribution in [0, 0.1) is 0 Å². The van der Waals surface area contributed by atoms with Gasteiger partial charge in [-0.3, -0.25) is 4.79 Å². The van der Waals surface area contributed by atoms with Crippen LogP contribution >= 0.6 is 27.5 Å². The van der Waals surface area contributed by atoms with Crippen molar-refractivity contribution in [3.05, 3.63) is 51.5 Å². The Morgan fingerprint density at radius 3 is 2.70 bits per heavy atom. The van der Waals surface area contributed by atoms with Crippen LogP contribution in [-0.2, 0) is 0 Å². The summed E-state index contributed by atoms with van der Waals surface area (Å²) in [6.45, 7) is 0. The molecule has 0 unspecified atom stereocenters. The maximum absolute atomic E-state index is 12.2. The fraction of sp³-hybridized carbons (Fsp3) is 0.0714. The van der Waals surface area contributed by atoms with Gasteiger partial charge in [0.15, 0.2) is 0 Å². The summed E-state index contributed by atoms with van der Waals surface area (Å²) in [6.07, 6.45) is 0. The summed E-state index contributed by atoms with van der Waals surface area (Å²) in [5, 5.41) is 3.30. The Labute approximate surface area is 130 Å². The highest BCUT2D eigenvalue weighted by molar-refractivity contribution is 9.10. The van der Waals surface area contributed by atoms with Crippen LogP contribution in [0.3, 0.4) is 0 Å². The van der Waals surface area contributed by atoms with Crippen LogP contribution in [0.15, 0.2) is 40.9 Å². The number of hydrogen-bond donors (Lipinski definition) is 2. The van der Waals surface area contributed by atoms with Crippen molar-refractivity contribution in [2.24, 2.45) is 0 Å². The molecule has 4 nitrogen and oxygen atoms in total. The van der Waals surface area contributed by atoms with E-state index in [4.69, 9.17) is 22.1 Å². The minimum atomic E-state index is -0.272. The number of nitrogen functional groups attached to an aromatic ring is 1. The third kappa shape index (κ3) is 3.23. The van der Waals surface area contributed by atoms with Gasteiger partial charge in [-0.15, -0.1) is 0 Å². The topological polar surface area (TPSA) is 64.3 Å². The summed E-state index contributed by atoms with van der Waals surface area (Å²) in [6, 6.07) is 9.98. The van der Waals surface area contributed by atoms with Crippen molar-refractivity contribution in [1.29, 1.82) is 0 Å². The number of hydrogen-bond acceptors (Lipinski definition) is 3. The number of carbonyl (C=O) groups excluding carboxylic acids is 1. The Bertz CT molecular complexity index is 662. The molecule has 2 aromatic carbocycles. The van der Waals surface area contributed by atoms with E-state index in [1.165, 1.54) is 7.11 Å². The predicted octanol–water partition coefficient (Wildman–Crippen LogP) is 3.95. The molecule has 0 aromatic heterocycles. The molecular formula is C14H12BrClN2O2. The average Bonchev–Trinajstić information content (AvgIpc) is 2.42. The lowest BCUT2D eigenvalue weighted by Crippen LogP contribution is -2.13. The first-order chi connectivity index (χ1) is 9.51. The molecule has 0 bridgehead atoms. The van der Waals surface area contributed by atoms with Gasteiger partial charge < -0.3 is 15.8 Å². The van der Waals surface area contributed by atoms with Crippen molar-refractivity contribution in [3.8, 4) is 5.75 Å². The number of benzene rings is 2. The number of ether oxygens (including phenoxy) is 1. The molecule has 0 saturated carbocycles. The monoisotopic (exact) mass is 354 g/mol. The molecule has 0 radical (unpaired) electrons. The molecule has 0 atom stereocenters. The van der Waals surface area contributed by atoms with Crippen LogP contribution in [0.2, 0.25) is 5.02 Å². The second-order valence-electron chi connectivity index (χ2n) is 4.04. The van der Waals surface area contributed by atoms with Gasteiger partial charge in [0.25, 0.3) is 5.91 Å². The minimum absolute atomic E-state index is 0.272. The maximum Gasteiger partial charge on any atom is 0.255 e. The van der Waals surface area contributed by atoms with Crippen LogP contribution in [0.1, 0.15) is 10.4 Å². The van der Waals surface area contributed by atoms with Crippen molar-refractivity contribution < 1.29 is 9.53 Å². The Kier molecular flexibility index (Phi) is 4.52. The zero-order chi connectivity index (χ0) is 14.7. The van der Waals surface area contributed by atoms with Gasteiger partial charge in [-0.25, -0.2) is 0 Å². The summed E-state index contributed by atoms with van der Waals surface area (Å²) < 4.78 is 5.84. The van der Waals surface area contributed by atoms with E-state index in [1.807, 2.05) is 0 Å². The third-order valence-corrected chi connectivity index (χ3v) is 3.87. The van der Waals surface area contributed by atoms with E-state index < -0.39 is 0 Å². The molecular weight excluding hydrogens is 344 g/mol. The molecule has 0 saturated heterocycles. The number of nitrogens with two attached hydrogens (primary N) is 1. The van der Waals surface area contributed by atoms with Crippen LogP contribution < -0.4 is 15.8 Å². The van der Waals surface area contributed by atoms with Crippen molar-refractivity contribution in [2.75, 3.05) is 18.2 Å². The Morgan fingerprint density at radius 2 is 2.05 bits per heavy atom. The largest absolute Gasteiger partial charge is 0.495 e. The van der Waals surface area contributed by atoms with Crippen molar-refractivity contribution in [2.45, 2.75) is 0 Å². The zero-order valence-electron chi connectivity index (χ0n) is 10.6. The van der Waals surface area contributed by atoms with Crippen LogP contribution in [0.5, 0.6) is 5.75 Å². The molecule has 0 spiro atoms. The van der Waals surface area contributed by atoms with E-state index >= 15 is 0 Å². The third-order valence-electron chi connectivity index (χ3n) is 2.65. The number of rotatable bonds is 3. The Morgan fingerprint density at radius 1 is 1.30 bits per heavy atom. The molecule has 0 heterocycles. The summed E-state index contributed by atoms with van der Waals surface area (Å²) in [5.41, 5.74) is 7.24. The average molecular weight is 356 g/mol. The van der Waals surface area contributed by atoms with Gasteiger partial charge in [0, 0.05) is 15.7 Å². The number of carbonyl (C=O) groups is 1. The lowest BCUT2D eigenvalue weighted by molar-refractivity contribution is 0.102. The first-order valence-electron chi connectivity index (χ1n) is 5.71. The second-order valence-corrected chi connectivity index (χ2v) is 5.30. The molecule has 20 heavy (non-hydrogen) atoms. The molecule has 1 amide bonds. The van der Waals surface area contributed by atoms with Gasteiger partial charge in [0.05, 0.1) is 17.8 Å². The van der Waals surface area contributed by atoms with Crippen molar-refractivity contribution >= 4 is 44.8 Å². The highest BCUT2D eigenvalue weighted by Crippen LogP contribution is 2.28. The highest BCUT2D eigenvalue weighted by Gasteiger charge is 2.11. The molecule has 0 aliphatic carbocycles. The second kappa shape index (κ2) is 6.15. The number of anilines is 2. The predicted molar refractivity (Wildman–Crippen MR) is 84.5 cm³/mol. The Balaban J connectivity index is 2.27. The summed E-state index contributed by atoms with van der Waals surface area (Å²) in [7, 11) is 1.53. The number of methoxy groups -OCH3 is 1. The van der Waals surface area contributed by atoms with E-state index in [9.17, 15) is 4.79 Å². The number of halogens is 2. The fourth-order valence-electron chi connectivity index (χ4n) is 1.66. The summed E-state index contributed by atoms with van der Waals surface area (Å²) in [4.78, 5) is 12.2. The summed E-state index contributed by atoms with van der Waals surface area (Å²) in [5.74, 6) is 0.270. The fourth-order valence-corrected chi connectivity index (χ4v) is 2.15. The quantitative estimate of drug-likeness (QED) is 0.820.